The Bertz CT molecular complexity index is 390. The van der Waals surface area contributed by atoms with Crippen molar-refractivity contribution in [2.24, 2.45) is 0 Å². The van der Waals surface area contributed by atoms with Gasteiger partial charge in [0.2, 0.25) is 0 Å². The van der Waals surface area contributed by atoms with E-state index in [2.05, 4.69) is 15.2 Å². The summed E-state index contributed by atoms with van der Waals surface area (Å²) in [6.45, 7) is 7.97. The van der Waals surface area contributed by atoms with E-state index in [0.29, 0.717) is 0 Å². The molecule has 0 radical (unpaired) electrons. The highest BCUT2D eigenvalue weighted by Crippen LogP contribution is 2.13. The van der Waals surface area contributed by atoms with Crippen molar-refractivity contribution in [1.29, 1.82) is 0 Å². The average Bonchev–Trinajstić information content (AvgIpc) is 2.55. The first-order chi connectivity index (χ1) is 6.27. The third kappa shape index (κ3) is 1.86. The molecule has 0 unspecified atom stereocenters. The van der Waals surface area contributed by atoms with E-state index in [1.165, 1.54) is 0 Å². The van der Waals surface area contributed by atoms with Crippen LogP contribution in [0.5, 0.6) is 0 Å². The molecule has 0 atom stereocenters. The van der Waals surface area contributed by atoms with Gasteiger partial charge in [-0.05, 0) is 19.9 Å². The predicted octanol–water partition coefficient (Wildman–Crippen LogP) is 2.60. The van der Waals surface area contributed by atoms with E-state index >= 15 is 0 Å². The first kappa shape index (κ1) is 9.71. The fraction of sp³-hybridized carbons (Fsp3) is 0.400. The highest BCUT2D eigenvalue weighted by molar-refractivity contribution is 5.80. The average molecular weight is 177 g/mol. The normalized spacial score (nSPS) is 9.54. The van der Waals surface area contributed by atoms with Crippen LogP contribution in [0.1, 0.15) is 25.2 Å². The van der Waals surface area contributed by atoms with Crippen LogP contribution in [0.4, 0.5) is 0 Å². The van der Waals surface area contributed by atoms with Crippen molar-refractivity contribution in [2.45, 2.75) is 27.7 Å². The molecule has 0 aliphatic rings. The second kappa shape index (κ2) is 4.03. The van der Waals surface area contributed by atoms with Crippen LogP contribution in [0, 0.1) is 13.8 Å². The summed E-state index contributed by atoms with van der Waals surface area (Å²) in [5.74, 6) is 0. The quantitative estimate of drug-likeness (QED) is 0.672. The topological polar surface area (TPSA) is 41.6 Å². The molecule has 0 saturated heterocycles. The Morgan fingerprint density at radius 3 is 2.62 bits per heavy atom. The van der Waals surface area contributed by atoms with Gasteiger partial charge in [0.1, 0.15) is 0 Å². The predicted molar refractivity (Wildman–Crippen MR) is 54.7 cm³/mol. The second-order valence-electron chi connectivity index (χ2n) is 2.68. The fourth-order valence-electron chi connectivity index (χ4n) is 1.26. The molecule has 2 heterocycles. The molecule has 0 saturated carbocycles. The minimum Gasteiger partial charge on any atom is -0.278 e. The van der Waals surface area contributed by atoms with Gasteiger partial charge in [-0.3, -0.25) is 10.1 Å². The van der Waals surface area contributed by atoms with Gasteiger partial charge < -0.3 is 0 Å². The smallest absolute Gasteiger partial charge is 0.0686 e. The molecule has 1 N–H and O–H groups in total. The molecule has 0 bridgehead atoms. The van der Waals surface area contributed by atoms with Gasteiger partial charge in [-0.15, -0.1) is 0 Å². The molecule has 0 spiro atoms. The largest absolute Gasteiger partial charge is 0.278 e. The summed E-state index contributed by atoms with van der Waals surface area (Å²) in [4.78, 5) is 4.31. The van der Waals surface area contributed by atoms with Crippen LogP contribution in [0.15, 0.2) is 12.3 Å². The minimum atomic E-state index is 1.03. The van der Waals surface area contributed by atoms with Crippen LogP contribution in [0.25, 0.3) is 10.9 Å². The summed E-state index contributed by atoms with van der Waals surface area (Å²) < 4.78 is 0. The number of aryl methyl sites for hydroxylation is 2. The number of nitrogens with zero attached hydrogens (tertiary/aromatic N) is 2. The Labute approximate surface area is 78.2 Å². The molecule has 0 amide bonds. The number of H-pyrrole nitrogens is 1. The van der Waals surface area contributed by atoms with Gasteiger partial charge in [0.15, 0.2) is 0 Å². The van der Waals surface area contributed by atoms with Crippen LogP contribution in [-0.2, 0) is 0 Å². The van der Waals surface area contributed by atoms with E-state index in [0.717, 1.165) is 22.3 Å². The van der Waals surface area contributed by atoms with E-state index in [1.54, 1.807) is 6.20 Å². The number of hydrogen-bond acceptors (Lipinski definition) is 2. The van der Waals surface area contributed by atoms with Crippen molar-refractivity contribution in [3.8, 4) is 0 Å². The number of nitrogens with one attached hydrogen (secondary N) is 1. The third-order valence-corrected chi connectivity index (χ3v) is 1.76. The standard InChI is InChI=1S/C8H9N3.C2H6/c1-5-3-8-7(4-9-11-8)6(2)10-5;1-2/h3-4H,1-2H3,(H,9,11);1-2H3. The van der Waals surface area contributed by atoms with Crippen LogP contribution in [0.3, 0.4) is 0 Å². The van der Waals surface area contributed by atoms with Crippen LogP contribution < -0.4 is 0 Å². The Balaban J connectivity index is 0.000000396. The van der Waals surface area contributed by atoms with Crippen molar-refractivity contribution in [3.05, 3.63) is 23.7 Å². The number of hydrogen-bond donors (Lipinski definition) is 1. The lowest BCUT2D eigenvalue weighted by Crippen LogP contribution is -1.85. The maximum absolute atomic E-state index is 4.31. The first-order valence-electron chi connectivity index (χ1n) is 4.55. The summed E-state index contributed by atoms with van der Waals surface area (Å²) in [5.41, 5.74) is 3.13. The number of rotatable bonds is 0. The van der Waals surface area contributed by atoms with Crippen molar-refractivity contribution < 1.29 is 0 Å². The van der Waals surface area contributed by atoms with Gasteiger partial charge in [-0.25, -0.2) is 0 Å². The van der Waals surface area contributed by atoms with Crippen molar-refractivity contribution in [2.75, 3.05) is 0 Å². The Morgan fingerprint density at radius 1 is 1.23 bits per heavy atom. The molecule has 13 heavy (non-hydrogen) atoms. The zero-order valence-electron chi connectivity index (χ0n) is 8.55. The zero-order chi connectivity index (χ0) is 9.84. The molecular formula is C10H15N3. The second-order valence-corrected chi connectivity index (χ2v) is 2.68. The van der Waals surface area contributed by atoms with E-state index in [9.17, 15) is 0 Å². The molecule has 0 fully saturated rings. The molecule has 3 nitrogen and oxygen atoms in total. The van der Waals surface area contributed by atoms with Crippen molar-refractivity contribution in [1.82, 2.24) is 15.2 Å². The Kier molecular flexibility index (Phi) is 3.01. The molecule has 3 heteroatoms. The highest BCUT2D eigenvalue weighted by Gasteiger charge is 1.99. The van der Waals surface area contributed by atoms with Crippen molar-refractivity contribution in [3.63, 3.8) is 0 Å². The highest BCUT2D eigenvalue weighted by atomic mass is 15.1. The molecule has 70 valence electrons. The van der Waals surface area contributed by atoms with Gasteiger partial charge in [0, 0.05) is 16.8 Å². The van der Waals surface area contributed by atoms with Gasteiger partial charge in [0.25, 0.3) is 0 Å². The first-order valence-corrected chi connectivity index (χ1v) is 4.55. The van der Waals surface area contributed by atoms with E-state index in [4.69, 9.17) is 0 Å². The summed E-state index contributed by atoms with van der Waals surface area (Å²) in [7, 11) is 0. The maximum atomic E-state index is 4.31. The number of pyridine rings is 1. The lowest BCUT2D eigenvalue weighted by molar-refractivity contribution is 1.11. The maximum Gasteiger partial charge on any atom is 0.0686 e. The molecular weight excluding hydrogens is 162 g/mol. The van der Waals surface area contributed by atoms with Gasteiger partial charge in [-0.1, -0.05) is 13.8 Å². The monoisotopic (exact) mass is 177 g/mol. The number of fused-ring (bicyclic) bond motifs is 1. The van der Waals surface area contributed by atoms with Crippen molar-refractivity contribution >= 4 is 10.9 Å². The number of aromatic nitrogens is 3. The minimum absolute atomic E-state index is 1.03. The Morgan fingerprint density at radius 2 is 1.92 bits per heavy atom. The van der Waals surface area contributed by atoms with Crippen LogP contribution in [-0.4, -0.2) is 15.2 Å². The van der Waals surface area contributed by atoms with E-state index < -0.39 is 0 Å². The lowest BCUT2D eigenvalue weighted by Gasteiger charge is -1.95. The SMILES string of the molecule is CC.Cc1cc2[nH]ncc2c(C)n1. The van der Waals surface area contributed by atoms with Gasteiger partial charge in [0.05, 0.1) is 11.7 Å². The van der Waals surface area contributed by atoms with Gasteiger partial charge in [-0.2, -0.15) is 5.10 Å². The van der Waals surface area contributed by atoms with E-state index in [1.807, 2.05) is 33.8 Å². The summed E-state index contributed by atoms with van der Waals surface area (Å²) in [5, 5.41) is 7.96. The molecule has 2 rings (SSSR count). The molecule has 0 aromatic carbocycles. The van der Waals surface area contributed by atoms with Gasteiger partial charge >= 0.3 is 0 Å². The van der Waals surface area contributed by atoms with Crippen LogP contribution >= 0.6 is 0 Å². The fourth-order valence-corrected chi connectivity index (χ4v) is 1.26. The molecule has 2 aromatic rings. The molecule has 0 aliphatic carbocycles. The molecule has 0 aliphatic heterocycles. The van der Waals surface area contributed by atoms with Crippen LogP contribution in [0.2, 0.25) is 0 Å². The van der Waals surface area contributed by atoms with E-state index in [-0.39, 0.29) is 0 Å². The third-order valence-electron chi connectivity index (χ3n) is 1.76. The zero-order valence-corrected chi connectivity index (χ0v) is 8.55. The summed E-state index contributed by atoms with van der Waals surface area (Å²) >= 11 is 0. The summed E-state index contributed by atoms with van der Waals surface area (Å²) in [6, 6.07) is 2.00. The Hall–Kier alpha value is -1.38. The number of aromatic amines is 1. The summed E-state index contributed by atoms with van der Waals surface area (Å²) in [6.07, 6.45) is 1.80. The lowest BCUT2D eigenvalue weighted by atomic mass is 10.2. The molecule has 2 aromatic heterocycles.